The highest BCUT2D eigenvalue weighted by molar-refractivity contribution is 7.89. The van der Waals surface area contributed by atoms with E-state index < -0.39 is 27.3 Å². The Labute approximate surface area is 117 Å². The zero-order valence-corrected chi connectivity index (χ0v) is 12.0. The molecule has 7 heteroatoms. The molecule has 1 fully saturated rings. The van der Waals surface area contributed by atoms with Crippen molar-refractivity contribution in [2.45, 2.75) is 31.1 Å². The SMILES string of the molecule is Cc1cc(O)c(C(=O)O)cc1S(=O)(=O)N1CCCCC1. The van der Waals surface area contributed by atoms with Crippen LogP contribution in [-0.2, 0) is 10.0 Å². The van der Waals surface area contributed by atoms with Crippen LogP contribution in [0, 0.1) is 6.92 Å². The number of rotatable bonds is 3. The fourth-order valence-electron chi connectivity index (χ4n) is 2.37. The highest BCUT2D eigenvalue weighted by atomic mass is 32.2. The summed E-state index contributed by atoms with van der Waals surface area (Å²) in [6, 6.07) is 2.22. The number of benzene rings is 1. The van der Waals surface area contributed by atoms with Gasteiger partial charge in [-0.1, -0.05) is 6.42 Å². The minimum atomic E-state index is -3.71. The molecular formula is C13H17NO5S. The Hall–Kier alpha value is -1.60. The molecular weight excluding hydrogens is 282 g/mol. The Kier molecular flexibility index (Phi) is 4.01. The minimum Gasteiger partial charge on any atom is -0.507 e. The van der Waals surface area contributed by atoms with Gasteiger partial charge in [-0.25, -0.2) is 13.2 Å². The number of nitrogens with zero attached hydrogens (tertiary/aromatic N) is 1. The molecule has 2 rings (SSSR count). The van der Waals surface area contributed by atoms with E-state index in [1.54, 1.807) is 6.92 Å². The molecule has 0 radical (unpaired) electrons. The first-order chi connectivity index (χ1) is 9.34. The van der Waals surface area contributed by atoms with Crippen molar-refractivity contribution in [1.82, 2.24) is 4.31 Å². The van der Waals surface area contributed by atoms with Crippen LogP contribution >= 0.6 is 0 Å². The maximum atomic E-state index is 12.5. The number of piperidine rings is 1. The zero-order chi connectivity index (χ0) is 14.9. The van der Waals surface area contributed by atoms with E-state index in [4.69, 9.17) is 5.11 Å². The van der Waals surface area contributed by atoms with Crippen LogP contribution in [0.15, 0.2) is 17.0 Å². The van der Waals surface area contributed by atoms with Crippen molar-refractivity contribution in [2.24, 2.45) is 0 Å². The third-order valence-electron chi connectivity index (χ3n) is 3.46. The highest BCUT2D eigenvalue weighted by Gasteiger charge is 2.29. The Bertz CT molecular complexity index is 632. The monoisotopic (exact) mass is 299 g/mol. The molecule has 0 aromatic heterocycles. The Morgan fingerprint density at radius 2 is 1.80 bits per heavy atom. The predicted molar refractivity (Wildman–Crippen MR) is 72.4 cm³/mol. The standard InChI is InChI=1S/C13H17NO5S/c1-9-7-11(15)10(13(16)17)8-12(9)20(18,19)14-5-3-2-4-6-14/h7-8,15H,2-6H2,1H3,(H,16,17). The maximum Gasteiger partial charge on any atom is 0.339 e. The van der Waals surface area contributed by atoms with Crippen LogP contribution in [0.2, 0.25) is 0 Å². The second kappa shape index (κ2) is 5.41. The van der Waals surface area contributed by atoms with Crippen LogP contribution in [0.4, 0.5) is 0 Å². The average molecular weight is 299 g/mol. The number of sulfonamides is 1. The van der Waals surface area contributed by atoms with Crippen LogP contribution in [-0.4, -0.2) is 42.0 Å². The lowest BCUT2D eigenvalue weighted by Gasteiger charge is -2.26. The van der Waals surface area contributed by atoms with E-state index >= 15 is 0 Å². The number of aromatic carboxylic acids is 1. The number of hydrogen-bond donors (Lipinski definition) is 2. The van der Waals surface area contributed by atoms with Crippen LogP contribution in [0.1, 0.15) is 35.2 Å². The van der Waals surface area contributed by atoms with Crippen LogP contribution in [0.3, 0.4) is 0 Å². The number of carbonyl (C=O) groups is 1. The first-order valence-electron chi connectivity index (χ1n) is 6.41. The molecule has 0 unspecified atom stereocenters. The Balaban J connectivity index is 2.50. The molecule has 1 aliphatic heterocycles. The van der Waals surface area contributed by atoms with Crippen molar-refractivity contribution < 1.29 is 23.4 Å². The van der Waals surface area contributed by atoms with E-state index in [1.807, 2.05) is 0 Å². The molecule has 0 saturated carbocycles. The van der Waals surface area contributed by atoms with Crippen molar-refractivity contribution in [3.05, 3.63) is 23.3 Å². The molecule has 1 heterocycles. The van der Waals surface area contributed by atoms with Crippen molar-refractivity contribution in [3.8, 4) is 5.75 Å². The van der Waals surface area contributed by atoms with E-state index in [-0.39, 0.29) is 4.90 Å². The third kappa shape index (κ3) is 2.64. The Morgan fingerprint density at radius 3 is 2.35 bits per heavy atom. The van der Waals surface area contributed by atoms with Crippen LogP contribution in [0.5, 0.6) is 5.75 Å². The molecule has 0 amide bonds. The Morgan fingerprint density at radius 1 is 1.20 bits per heavy atom. The molecule has 0 atom stereocenters. The van der Waals surface area contributed by atoms with Gasteiger partial charge in [0.15, 0.2) is 0 Å². The fraction of sp³-hybridized carbons (Fsp3) is 0.462. The summed E-state index contributed by atoms with van der Waals surface area (Å²) in [6.07, 6.45) is 2.62. The van der Waals surface area contributed by atoms with Crippen molar-refractivity contribution >= 4 is 16.0 Å². The second-order valence-electron chi connectivity index (χ2n) is 4.90. The number of aromatic hydroxyl groups is 1. The number of hydrogen-bond acceptors (Lipinski definition) is 4. The molecule has 1 aliphatic rings. The van der Waals surface area contributed by atoms with Gasteiger partial charge >= 0.3 is 5.97 Å². The molecule has 0 spiro atoms. The maximum absolute atomic E-state index is 12.5. The summed E-state index contributed by atoms with van der Waals surface area (Å²) < 4.78 is 26.5. The van der Waals surface area contributed by atoms with Gasteiger partial charge in [0, 0.05) is 13.1 Å². The quantitative estimate of drug-likeness (QED) is 0.883. The molecule has 0 aliphatic carbocycles. The zero-order valence-electron chi connectivity index (χ0n) is 11.2. The summed E-state index contributed by atoms with van der Waals surface area (Å²) in [5, 5.41) is 18.6. The molecule has 1 aromatic rings. The van der Waals surface area contributed by atoms with E-state index in [2.05, 4.69) is 0 Å². The normalized spacial score (nSPS) is 17.1. The lowest BCUT2D eigenvalue weighted by atomic mass is 10.1. The lowest BCUT2D eigenvalue weighted by Crippen LogP contribution is -2.36. The first kappa shape index (κ1) is 14.8. The fourth-order valence-corrected chi connectivity index (χ4v) is 4.12. The third-order valence-corrected chi connectivity index (χ3v) is 5.50. The highest BCUT2D eigenvalue weighted by Crippen LogP contribution is 2.28. The van der Waals surface area contributed by atoms with Gasteiger partial charge in [-0.15, -0.1) is 0 Å². The van der Waals surface area contributed by atoms with E-state index in [0.29, 0.717) is 18.7 Å². The largest absolute Gasteiger partial charge is 0.507 e. The van der Waals surface area contributed by atoms with Gasteiger partial charge in [0.05, 0.1) is 4.90 Å². The van der Waals surface area contributed by atoms with E-state index in [9.17, 15) is 18.3 Å². The number of carboxylic acids is 1. The number of aryl methyl sites for hydroxylation is 1. The molecule has 0 bridgehead atoms. The smallest absolute Gasteiger partial charge is 0.339 e. The molecule has 1 saturated heterocycles. The number of carboxylic acid groups (broad SMARTS) is 1. The molecule has 110 valence electrons. The summed E-state index contributed by atoms with van der Waals surface area (Å²) in [6.45, 7) is 2.44. The van der Waals surface area contributed by atoms with Gasteiger partial charge in [-0.2, -0.15) is 4.31 Å². The van der Waals surface area contributed by atoms with Gasteiger partial charge in [-0.05, 0) is 37.5 Å². The average Bonchev–Trinajstić information content (AvgIpc) is 2.39. The van der Waals surface area contributed by atoms with Crippen molar-refractivity contribution in [1.29, 1.82) is 0 Å². The lowest BCUT2D eigenvalue weighted by molar-refractivity contribution is 0.0693. The summed E-state index contributed by atoms with van der Waals surface area (Å²) in [4.78, 5) is 11.0. The van der Waals surface area contributed by atoms with Crippen LogP contribution in [0.25, 0.3) is 0 Å². The summed E-state index contributed by atoms with van der Waals surface area (Å²) >= 11 is 0. The van der Waals surface area contributed by atoms with Gasteiger partial charge < -0.3 is 10.2 Å². The summed E-state index contributed by atoms with van der Waals surface area (Å²) in [5.74, 6) is -1.77. The van der Waals surface area contributed by atoms with Gasteiger partial charge in [0.25, 0.3) is 0 Å². The number of phenols is 1. The van der Waals surface area contributed by atoms with Gasteiger partial charge in [0.2, 0.25) is 10.0 Å². The molecule has 2 N–H and O–H groups in total. The van der Waals surface area contributed by atoms with Crippen molar-refractivity contribution in [2.75, 3.05) is 13.1 Å². The molecule has 1 aromatic carbocycles. The van der Waals surface area contributed by atoms with E-state index in [0.717, 1.165) is 25.3 Å². The minimum absolute atomic E-state index is 0.0467. The second-order valence-corrected chi connectivity index (χ2v) is 6.81. The summed E-state index contributed by atoms with van der Waals surface area (Å²) in [5.41, 5.74) is -0.0516. The molecule has 6 nitrogen and oxygen atoms in total. The molecule has 20 heavy (non-hydrogen) atoms. The van der Waals surface area contributed by atoms with Crippen molar-refractivity contribution in [3.63, 3.8) is 0 Å². The van der Waals surface area contributed by atoms with E-state index in [1.165, 1.54) is 10.4 Å². The van der Waals surface area contributed by atoms with Crippen LogP contribution < -0.4 is 0 Å². The van der Waals surface area contributed by atoms with Gasteiger partial charge in [0.1, 0.15) is 11.3 Å². The van der Waals surface area contributed by atoms with Gasteiger partial charge in [-0.3, -0.25) is 0 Å². The topological polar surface area (TPSA) is 94.9 Å². The first-order valence-corrected chi connectivity index (χ1v) is 7.85. The predicted octanol–water partition coefficient (Wildman–Crippen LogP) is 1.57. The summed E-state index contributed by atoms with van der Waals surface area (Å²) in [7, 11) is -3.71.